The highest BCUT2D eigenvalue weighted by Gasteiger charge is 2.10. The second-order valence-electron chi connectivity index (χ2n) is 5.52. The monoisotopic (exact) mass is 256 g/mol. The molecule has 0 aliphatic heterocycles. The number of nitrogens with zero attached hydrogens (tertiary/aromatic N) is 1. The molecule has 0 aliphatic carbocycles. The minimum absolute atomic E-state index is 0.382. The Hall–Kier alpha value is -1.54. The van der Waals surface area contributed by atoms with E-state index in [0.29, 0.717) is 12.0 Å². The second kappa shape index (κ2) is 6.58. The Morgan fingerprint density at radius 1 is 1.00 bits per heavy atom. The van der Waals surface area contributed by atoms with E-state index in [2.05, 4.69) is 79.3 Å². The third-order valence-corrected chi connectivity index (χ3v) is 3.42. The Labute approximate surface area is 116 Å². The first-order valence-corrected chi connectivity index (χ1v) is 7.10. The molecule has 1 aromatic heterocycles. The molecular formula is C17H24N2. The number of hydrogen-bond acceptors (Lipinski definition) is 1. The molecule has 0 saturated carbocycles. The van der Waals surface area contributed by atoms with Crippen LogP contribution in [0.3, 0.4) is 0 Å². The van der Waals surface area contributed by atoms with Crippen LogP contribution in [-0.4, -0.2) is 11.1 Å². The Kier molecular flexibility index (Phi) is 4.80. The quantitative estimate of drug-likeness (QED) is 0.831. The maximum atomic E-state index is 3.51. The molecule has 2 heteroatoms. The zero-order valence-electron chi connectivity index (χ0n) is 12.1. The zero-order valence-corrected chi connectivity index (χ0v) is 12.1. The SMILES string of the molecule is CC(C)CNCc1cccn1[C@H](C)c1ccccc1. The molecule has 0 bridgehead atoms. The Morgan fingerprint density at radius 3 is 2.42 bits per heavy atom. The van der Waals surface area contributed by atoms with Gasteiger partial charge in [0.1, 0.15) is 0 Å². The molecule has 0 spiro atoms. The van der Waals surface area contributed by atoms with E-state index in [9.17, 15) is 0 Å². The molecule has 0 radical (unpaired) electrons. The maximum Gasteiger partial charge on any atom is 0.0555 e. The molecule has 2 aromatic rings. The van der Waals surface area contributed by atoms with Crippen molar-refractivity contribution in [1.82, 2.24) is 9.88 Å². The van der Waals surface area contributed by atoms with Gasteiger partial charge in [0.25, 0.3) is 0 Å². The van der Waals surface area contributed by atoms with Gasteiger partial charge in [0.05, 0.1) is 6.04 Å². The van der Waals surface area contributed by atoms with Gasteiger partial charge in [-0.3, -0.25) is 0 Å². The van der Waals surface area contributed by atoms with Gasteiger partial charge in [-0.05, 0) is 37.1 Å². The maximum absolute atomic E-state index is 3.51. The summed E-state index contributed by atoms with van der Waals surface area (Å²) in [5.41, 5.74) is 2.70. The third-order valence-electron chi connectivity index (χ3n) is 3.42. The molecule has 1 aromatic carbocycles. The lowest BCUT2D eigenvalue weighted by Crippen LogP contribution is -2.21. The fourth-order valence-corrected chi connectivity index (χ4v) is 2.34. The lowest BCUT2D eigenvalue weighted by atomic mass is 10.1. The van der Waals surface area contributed by atoms with Crippen molar-refractivity contribution in [2.45, 2.75) is 33.4 Å². The number of benzene rings is 1. The van der Waals surface area contributed by atoms with Crippen LogP contribution in [0.15, 0.2) is 48.7 Å². The van der Waals surface area contributed by atoms with Gasteiger partial charge in [0.15, 0.2) is 0 Å². The summed E-state index contributed by atoms with van der Waals surface area (Å²) < 4.78 is 2.35. The number of aromatic nitrogens is 1. The minimum Gasteiger partial charge on any atom is -0.343 e. The predicted molar refractivity (Wildman–Crippen MR) is 81.2 cm³/mol. The fourth-order valence-electron chi connectivity index (χ4n) is 2.34. The van der Waals surface area contributed by atoms with Crippen LogP contribution in [0.4, 0.5) is 0 Å². The van der Waals surface area contributed by atoms with Crippen molar-refractivity contribution < 1.29 is 0 Å². The lowest BCUT2D eigenvalue weighted by molar-refractivity contribution is 0.525. The van der Waals surface area contributed by atoms with Crippen LogP contribution in [0.5, 0.6) is 0 Å². The molecular weight excluding hydrogens is 232 g/mol. The van der Waals surface area contributed by atoms with E-state index in [4.69, 9.17) is 0 Å². The highest BCUT2D eigenvalue weighted by atomic mass is 15.0. The zero-order chi connectivity index (χ0) is 13.7. The van der Waals surface area contributed by atoms with Crippen molar-refractivity contribution in [3.05, 3.63) is 59.9 Å². The van der Waals surface area contributed by atoms with Crippen LogP contribution in [0.2, 0.25) is 0 Å². The third kappa shape index (κ3) is 3.71. The van der Waals surface area contributed by atoms with Crippen molar-refractivity contribution in [3.63, 3.8) is 0 Å². The van der Waals surface area contributed by atoms with E-state index in [-0.39, 0.29) is 0 Å². The van der Waals surface area contributed by atoms with Crippen LogP contribution >= 0.6 is 0 Å². The molecule has 0 unspecified atom stereocenters. The molecule has 102 valence electrons. The summed E-state index contributed by atoms with van der Waals surface area (Å²) in [6, 6.07) is 15.4. The summed E-state index contributed by atoms with van der Waals surface area (Å²) in [6.45, 7) is 8.71. The van der Waals surface area contributed by atoms with Crippen LogP contribution in [0.25, 0.3) is 0 Å². The molecule has 19 heavy (non-hydrogen) atoms. The normalized spacial score (nSPS) is 12.8. The topological polar surface area (TPSA) is 17.0 Å². The first-order chi connectivity index (χ1) is 9.18. The van der Waals surface area contributed by atoms with Crippen LogP contribution in [0.1, 0.15) is 38.1 Å². The van der Waals surface area contributed by atoms with E-state index >= 15 is 0 Å². The van der Waals surface area contributed by atoms with Gasteiger partial charge < -0.3 is 9.88 Å². The first kappa shape index (κ1) is 13.9. The predicted octanol–water partition coefficient (Wildman–Crippen LogP) is 3.84. The van der Waals surface area contributed by atoms with Crippen LogP contribution in [0, 0.1) is 5.92 Å². The summed E-state index contributed by atoms with van der Waals surface area (Å²) >= 11 is 0. The standard InChI is InChI=1S/C17H24N2/c1-14(2)12-18-13-17-10-7-11-19(17)15(3)16-8-5-4-6-9-16/h4-11,14-15,18H,12-13H2,1-3H3/t15-/m1/s1. The molecule has 1 heterocycles. The Morgan fingerprint density at radius 2 is 1.74 bits per heavy atom. The van der Waals surface area contributed by atoms with E-state index in [1.165, 1.54) is 11.3 Å². The van der Waals surface area contributed by atoms with Crippen molar-refractivity contribution in [2.75, 3.05) is 6.54 Å². The van der Waals surface area contributed by atoms with Gasteiger partial charge in [-0.1, -0.05) is 44.2 Å². The minimum atomic E-state index is 0.382. The van der Waals surface area contributed by atoms with E-state index in [0.717, 1.165) is 13.1 Å². The summed E-state index contributed by atoms with van der Waals surface area (Å²) in [5.74, 6) is 0.690. The highest BCUT2D eigenvalue weighted by molar-refractivity contribution is 5.21. The number of hydrogen-bond donors (Lipinski definition) is 1. The second-order valence-corrected chi connectivity index (χ2v) is 5.52. The van der Waals surface area contributed by atoms with E-state index in [1.807, 2.05) is 0 Å². The van der Waals surface area contributed by atoms with Crippen LogP contribution < -0.4 is 5.32 Å². The van der Waals surface area contributed by atoms with Crippen molar-refractivity contribution in [3.8, 4) is 0 Å². The molecule has 1 N–H and O–H groups in total. The van der Waals surface area contributed by atoms with E-state index < -0.39 is 0 Å². The summed E-state index contributed by atoms with van der Waals surface area (Å²) in [7, 11) is 0. The molecule has 1 atom stereocenters. The summed E-state index contributed by atoms with van der Waals surface area (Å²) in [5, 5.41) is 3.51. The van der Waals surface area contributed by atoms with Crippen molar-refractivity contribution >= 4 is 0 Å². The summed E-state index contributed by atoms with van der Waals surface area (Å²) in [6.07, 6.45) is 2.17. The first-order valence-electron chi connectivity index (χ1n) is 7.10. The highest BCUT2D eigenvalue weighted by Crippen LogP contribution is 2.20. The molecule has 0 aliphatic rings. The summed E-state index contributed by atoms with van der Waals surface area (Å²) in [4.78, 5) is 0. The van der Waals surface area contributed by atoms with Crippen molar-refractivity contribution in [2.24, 2.45) is 5.92 Å². The van der Waals surface area contributed by atoms with Gasteiger partial charge in [-0.25, -0.2) is 0 Å². The van der Waals surface area contributed by atoms with Crippen LogP contribution in [-0.2, 0) is 6.54 Å². The van der Waals surface area contributed by atoms with Crippen molar-refractivity contribution in [1.29, 1.82) is 0 Å². The smallest absolute Gasteiger partial charge is 0.0555 e. The number of nitrogens with one attached hydrogen (secondary N) is 1. The Balaban J connectivity index is 2.06. The average Bonchev–Trinajstić information content (AvgIpc) is 2.87. The van der Waals surface area contributed by atoms with Gasteiger partial charge in [-0.2, -0.15) is 0 Å². The molecule has 0 saturated heterocycles. The van der Waals surface area contributed by atoms with Gasteiger partial charge >= 0.3 is 0 Å². The number of rotatable bonds is 6. The largest absolute Gasteiger partial charge is 0.343 e. The molecule has 2 nitrogen and oxygen atoms in total. The molecule has 0 fully saturated rings. The molecule has 0 amide bonds. The lowest BCUT2D eigenvalue weighted by Gasteiger charge is -2.18. The van der Waals surface area contributed by atoms with E-state index in [1.54, 1.807) is 0 Å². The molecule has 2 rings (SSSR count). The Bertz CT molecular complexity index is 485. The van der Waals surface area contributed by atoms with Gasteiger partial charge in [-0.15, -0.1) is 0 Å². The van der Waals surface area contributed by atoms with Gasteiger partial charge in [0.2, 0.25) is 0 Å². The van der Waals surface area contributed by atoms with Gasteiger partial charge in [0, 0.05) is 18.4 Å². The average molecular weight is 256 g/mol. The fraction of sp³-hybridized carbons (Fsp3) is 0.412.